The van der Waals surface area contributed by atoms with Gasteiger partial charge in [-0.05, 0) is 48.8 Å². The van der Waals surface area contributed by atoms with Gasteiger partial charge in [0, 0.05) is 6.61 Å². The van der Waals surface area contributed by atoms with Gasteiger partial charge in [0.1, 0.15) is 5.75 Å². The number of rotatable bonds is 2. The molecule has 0 fully saturated rings. The van der Waals surface area contributed by atoms with Crippen LogP contribution < -0.4 is 0 Å². The van der Waals surface area contributed by atoms with Crippen molar-refractivity contribution in [3.05, 3.63) is 29.3 Å². The Hall–Kier alpha value is -1.02. The second-order valence-corrected chi connectivity index (χ2v) is 4.04. The van der Waals surface area contributed by atoms with Crippen LogP contribution in [0.4, 0.5) is 0 Å². The predicted molar refractivity (Wildman–Crippen MR) is 55.3 cm³/mol. The van der Waals surface area contributed by atoms with Gasteiger partial charge in [0.15, 0.2) is 0 Å². The highest BCUT2D eigenvalue weighted by atomic mass is 16.3. The maximum Gasteiger partial charge on any atom is 0.119 e. The molecule has 1 aliphatic rings. The molecule has 2 heteroatoms. The summed E-state index contributed by atoms with van der Waals surface area (Å²) in [6.45, 7) is 0.277. The van der Waals surface area contributed by atoms with Crippen molar-refractivity contribution in [2.75, 3.05) is 6.61 Å². The zero-order chi connectivity index (χ0) is 9.97. The molecule has 1 aromatic rings. The third-order valence-corrected chi connectivity index (χ3v) is 3.10. The normalized spacial score (nSPS) is 20.5. The molecule has 1 unspecified atom stereocenters. The Morgan fingerprint density at radius 1 is 1.36 bits per heavy atom. The molecular formula is C12H16O2. The van der Waals surface area contributed by atoms with E-state index < -0.39 is 0 Å². The minimum Gasteiger partial charge on any atom is -0.508 e. The quantitative estimate of drug-likeness (QED) is 0.751. The van der Waals surface area contributed by atoms with Crippen molar-refractivity contribution in [1.82, 2.24) is 0 Å². The molecule has 0 saturated heterocycles. The molecule has 0 heterocycles. The molecule has 0 amide bonds. The maximum atomic E-state index is 9.62. The van der Waals surface area contributed by atoms with E-state index in [9.17, 15) is 5.11 Å². The van der Waals surface area contributed by atoms with E-state index in [1.165, 1.54) is 5.56 Å². The molecule has 1 aromatic carbocycles. The van der Waals surface area contributed by atoms with E-state index in [2.05, 4.69) is 6.07 Å². The van der Waals surface area contributed by atoms with Gasteiger partial charge >= 0.3 is 0 Å². The molecule has 0 aliphatic heterocycles. The first kappa shape index (κ1) is 9.53. The number of aliphatic hydroxyl groups is 1. The van der Waals surface area contributed by atoms with Crippen molar-refractivity contribution in [3.8, 4) is 5.75 Å². The van der Waals surface area contributed by atoms with Gasteiger partial charge < -0.3 is 10.2 Å². The lowest BCUT2D eigenvalue weighted by Gasteiger charge is -2.24. The number of aliphatic hydroxyl groups excluding tert-OH is 1. The Morgan fingerprint density at radius 2 is 2.21 bits per heavy atom. The van der Waals surface area contributed by atoms with Gasteiger partial charge in [0.05, 0.1) is 0 Å². The smallest absolute Gasteiger partial charge is 0.119 e. The highest BCUT2D eigenvalue weighted by Crippen LogP contribution is 2.32. The topological polar surface area (TPSA) is 40.5 Å². The van der Waals surface area contributed by atoms with E-state index in [1.807, 2.05) is 6.07 Å². The number of phenols is 1. The SMILES string of the molecule is OCCC1CCc2c(O)cccc2C1. The van der Waals surface area contributed by atoms with Crippen LogP contribution in [0.5, 0.6) is 5.75 Å². The molecule has 2 N–H and O–H groups in total. The molecule has 0 saturated carbocycles. The summed E-state index contributed by atoms with van der Waals surface area (Å²) in [5.41, 5.74) is 2.37. The monoisotopic (exact) mass is 192 g/mol. The second-order valence-electron chi connectivity index (χ2n) is 4.04. The van der Waals surface area contributed by atoms with Crippen molar-refractivity contribution in [2.24, 2.45) is 5.92 Å². The minimum absolute atomic E-state index is 0.277. The van der Waals surface area contributed by atoms with E-state index in [-0.39, 0.29) is 6.61 Å². The van der Waals surface area contributed by atoms with Gasteiger partial charge in [-0.2, -0.15) is 0 Å². The molecule has 1 atom stereocenters. The van der Waals surface area contributed by atoms with Crippen molar-refractivity contribution >= 4 is 0 Å². The molecule has 2 nitrogen and oxygen atoms in total. The van der Waals surface area contributed by atoms with Crippen LogP contribution >= 0.6 is 0 Å². The number of fused-ring (bicyclic) bond motifs is 1. The zero-order valence-corrected chi connectivity index (χ0v) is 8.24. The maximum absolute atomic E-state index is 9.62. The largest absolute Gasteiger partial charge is 0.508 e. The fourth-order valence-corrected chi connectivity index (χ4v) is 2.29. The summed E-state index contributed by atoms with van der Waals surface area (Å²) in [6, 6.07) is 5.74. The first-order chi connectivity index (χ1) is 6.81. The molecule has 0 aromatic heterocycles. The number of hydrogen-bond donors (Lipinski definition) is 2. The predicted octanol–water partition coefficient (Wildman–Crippen LogP) is 1.88. The third kappa shape index (κ3) is 1.75. The van der Waals surface area contributed by atoms with Gasteiger partial charge in [0.2, 0.25) is 0 Å². The Bertz CT molecular complexity index is 320. The van der Waals surface area contributed by atoms with Crippen molar-refractivity contribution < 1.29 is 10.2 Å². The number of benzene rings is 1. The zero-order valence-electron chi connectivity index (χ0n) is 8.24. The first-order valence-corrected chi connectivity index (χ1v) is 5.22. The lowest BCUT2D eigenvalue weighted by Crippen LogP contribution is -2.15. The summed E-state index contributed by atoms with van der Waals surface area (Å²) in [4.78, 5) is 0. The fraction of sp³-hybridized carbons (Fsp3) is 0.500. The van der Waals surface area contributed by atoms with Gasteiger partial charge in [0.25, 0.3) is 0 Å². The van der Waals surface area contributed by atoms with Gasteiger partial charge in [-0.25, -0.2) is 0 Å². The Labute approximate surface area is 84.2 Å². The van der Waals surface area contributed by atoms with E-state index in [0.717, 1.165) is 31.2 Å². The van der Waals surface area contributed by atoms with Gasteiger partial charge in [-0.15, -0.1) is 0 Å². The highest BCUT2D eigenvalue weighted by Gasteiger charge is 2.19. The lowest BCUT2D eigenvalue weighted by molar-refractivity contribution is 0.247. The Balaban J connectivity index is 2.18. The third-order valence-electron chi connectivity index (χ3n) is 3.10. The van der Waals surface area contributed by atoms with Crippen LogP contribution in [0.25, 0.3) is 0 Å². The van der Waals surface area contributed by atoms with Crippen LogP contribution in [0.2, 0.25) is 0 Å². The van der Waals surface area contributed by atoms with Crippen LogP contribution in [0.1, 0.15) is 24.0 Å². The molecule has 0 spiro atoms. The van der Waals surface area contributed by atoms with Crippen LogP contribution in [0.3, 0.4) is 0 Å². The van der Waals surface area contributed by atoms with E-state index in [1.54, 1.807) is 6.07 Å². The Morgan fingerprint density at radius 3 is 3.00 bits per heavy atom. The molecule has 0 radical (unpaired) electrons. The van der Waals surface area contributed by atoms with Crippen LogP contribution in [0, 0.1) is 5.92 Å². The summed E-state index contributed by atoms with van der Waals surface area (Å²) < 4.78 is 0. The summed E-state index contributed by atoms with van der Waals surface area (Å²) in [7, 11) is 0. The van der Waals surface area contributed by atoms with Gasteiger partial charge in [-0.3, -0.25) is 0 Å². The average molecular weight is 192 g/mol. The molecular weight excluding hydrogens is 176 g/mol. The lowest BCUT2D eigenvalue weighted by atomic mass is 9.82. The highest BCUT2D eigenvalue weighted by molar-refractivity contribution is 5.40. The van der Waals surface area contributed by atoms with Crippen molar-refractivity contribution in [3.63, 3.8) is 0 Å². The molecule has 14 heavy (non-hydrogen) atoms. The summed E-state index contributed by atoms with van der Waals surface area (Å²) >= 11 is 0. The van der Waals surface area contributed by atoms with Gasteiger partial charge in [-0.1, -0.05) is 12.1 Å². The van der Waals surface area contributed by atoms with Crippen LogP contribution in [0.15, 0.2) is 18.2 Å². The van der Waals surface area contributed by atoms with E-state index >= 15 is 0 Å². The minimum atomic E-state index is 0.277. The number of phenolic OH excluding ortho intramolecular Hbond substituents is 1. The Kier molecular flexibility index (Phi) is 2.73. The number of hydrogen-bond acceptors (Lipinski definition) is 2. The van der Waals surface area contributed by atoms with Crippen LogP contribution in [-0.4, -0.2) is 16.8 Å². The van der Waals surface area contributed by atoms with E-state index in [4.69, 9.17) is 5.11 Å². The fourth-order valence-electron chi connectivity index (χ4n) is 2.29. The molecule has 0 bridgehead atoms. The van der Waals surface area contributed by atoms with E-state index in [0.29, 0.717) is 11.7 Å². The average Bonchev–Trinajstić information content (AvgIpc) is 2.18. The van der Waals surface area contributed by atoms with Crippen molar-refractivity contribution in [1.29, 1.82) is 0 Å². The van der Waals surface area contributed by atoms with Crippen molar-refractivity contribution in [2.45, 2.75) is 25.7 Å². The van der Waals surface area contributed by atoms with Crippen LogP contribution in [-0.2, 0) is 12.8 Å². The second kappa shape index (κ2) is 4.01. The summed E-state index contributed by atoms with van der Waals surface area (Å²) in [5, 5.41) is 18.5. The number of aromatic hydroxyl groups is 1. The standard InChI is InChI=1S/C12H16O2/c13-7-6-9-4-5-11-10(8-9)2-1-3-12(11)14/h1-3,9,13-14H,4-8H2. The summed E-state index contributed by atoms with van der Waals surface area (Å²) in [5.74, 6) is 1.03. The molecule has 2 rings (SSSR count). The summed E-state index contributed by atoms with van der Waals surface area (Å²) in [6.07, 6.45) is 3.93. The first-order valence-electron chi connectivity index (χ1n) is 5.22. The molecule has 1 aliphatic carbocycles. The molecule has 76 valence electrons.